The standard InChI is InChI=1S/C18H21N3OS/c22-18(21-11-3-5-13-4-1-2-6-16(13)21)15-12-23-17(20-15)14-7-9-19-10-8-14/h1-2,4,6,12,14,19H,3,5,7-11H2. The molecule has 0 aliphatic carbocycles. The third-order valence-corrected chi connectivity index (χ3v) is 5.79. The van der Waals surface area contributed by atoms with Crippen molar-refractivity contribution in [3.63, 3.8) is 0 Å². The van der Waals surface area contributed by atoms with E-state index < -0.39 is 0 Å². The zero-order valence-corrected chi connectivity index (χ0v) is 13.9. The normalized spacial score (nSPS) is 18.7. The number of para-hydroxylation sites is 1. The Morgan fingerprint density at radius 3 is 2.96 bits per heavy atom. The lowest BCUT2D eigenvalue weighted by molar-refractivity contribution is 0.0980. The number of benzene rings is 1. The maximum Gasteiger partial charge on any atom is 0.277 e. The fraction of sp³-hybridized carbons (Fsp3) is 0.444. The summed E-state index contributed by atoms with van der Waals surface area (Å²) in [5.41, 5.74) is 2.93. The molecule has 1 N–H and O–H groups in total. The fourth-order valence-corrected chi connectivity index (χ4v) is 4.49. The Labute approximate surface area is 140 Å². The zero-order chi connectivity index (χ0) is 15.6. The quantitative estimate of drug-likeness (QED) is 0.921. The highest BCUT2D eigenvalue weighted by Crippen LogP contribution is 2.31. The van der Waals surface area contributed by atoms with Gasteiger partial charge in [-0.15, -0.1) is 11.3 Å². The molecular formula is C18H21N3OS. The first-order chi connectivity index (χ1) is 11.3. The van der Waals surface area contributed by atoms with E-state index in [9.17, 15) is 4.79 Å². The number of thiazole rings is 1. The van der Waals surface area contributed by atoms with Gasteiger partial charge in [0.25, 0.3) is 5.91 Å². The van der Waals surface area contributed by atoms with Crippen molar-refractivity contribution < 1.29 is 4.79 Å². The molecule has 4 nitrogen and oxygen atoms in total. The van der Waals surface area contributed by atoms with E-state index in [0.717, 1.165) is 56.0 Å². The number of aryl methyl sites for hydroxylation is 1. The second kappa shape index (κ2) is 6.42. The van der Waals surface area contributed by atoms with Gasteiger partial charge in [-0.25, -0.2) is 4.98 Å². The van der Waals surface area contributed by atoms with Crippen LogP contribution in [0.1, 0.15) is 46.2 Å². The van der Waals surface area contributed by atoms with Crippen molar-refractivity contribution in [2.45, 2.75) is 31.6 Å². The highest BCUT2D eigenvalue weighted by molar-refractivity contribution is 7.10. The Kier molecular flexibility index (Phi) is 4.14. The van der Waals surface area contributed by atoms with Gasteiger partial charge >= 0.3 is 0 Å². The first-order valence-electron chi connectivity index (χ1n) is 8.39. The van der Waals surface area contributed by atoms with E-state index >= 15 is 0 Å². The molecule has 120 valence electrons. The minimum atomic E-state index is 0.0496. The molecule has 2 aromatic rings. The van der Waals surface area contributed by atoms with Gasteiger partial charge in [-0.2, -0.15) is 0 Å². The maximum absolute atomic E-state index is 12.9. The van der Waals surface area contributed by atoms with Crippen LogP contribution < -0.4 is 10.2 Å². The molecule has 1 saturated heterocycles. The molecule has 5 heteroatoms. The van der Waals surface area contributed by atoms with Gasteiger partial charge in [-0.3, -0.25) is 4.79 Å². The number of hydrogen-bond acceptors (Lipinski definition) is 4. The van der Waals surface area contributed by atoms with E-state index in [-0.39, 0.29) is 5.91 Å². The smallest absolute Gasteiger partial charge is 0.277 e. The van der Waals surface area contributed by atoms with Crippen molar-refractivity contribution in [3.05, 3.63) is 45.9 Å². The Hall–Kier alpha value is -1.72. The molecule has 1 fully saturated rings. The molecule has 0 radical (unpaired) electrons. The van der Waals surface area contributed by atoms with Crippen molar-refractivity contribution in [1.82, 2.24) is 10.3 Å². The summed E-state index contributed by atoms with van der Waals surface area (Å²) in [4.78, 5) is 19.5. The summed E-state index contributed by atoms with van der Waals surface area (Å²) in [5, 5.41) is 6.44. The number of amides is 1. The summed E-state index contributed by atoms with van der Waals surface area (Å²) in [7, 11) is 0. The number of fused-ring (bicyclic) bond motifs is 1. The van der Waals surface area contributed by atoms with Crippen molar-refractivity contribution in [1.29, 1.82) is 0 Å². The predicted octanol–water partition coefficient (Wildman–Crippen LogP) is 3.20. The summed E-state index contributed by atoms with van der Waals surface area (Å²) in [6.45, 7) is 2.89. The average molecular weight is 327 g/mol. The second-order valence-electron chi connectivity index (χ2n) is 6.28. The monoisotopic (exact) mass is 327 g/mol. The molecule has 0 spiro atoms. The molecule has 1 aromatic carbocycles. The van der Waals surface area contributed by atoms with Crippen molar-refractivity contribution in [3.8, 4) is 0 Å². The number of aromatic nitrogens is 1. The number of nitrogens with one attached hydrogen (secondary N) is 1. The van der Waals surface area contributed by atoms with Crippen LogP contribution in [0.4, 0.5) is 5.69 Å². The van der Waals surface area contributed by atoms with Gasteiger partial charge in [-0.1, -0.05) is 18.2 Å². The van der Waals surface area contributed by atoms with Crippen LogP contribution in [0, 0.1) is 0 Å². The summed E-state index contributed by atoms with van der Waals surface area (Å²) >= 11 is 1.64. The van der Waals surface area contributed by atoms with Gasteiger partial charge in [0.1, 0.15) is 5.69 Å². The lowest BCUT2D eigenvalue weighted by atomic mass is 9.99. The number of anilines is 1. The highest BCUT2D eigenvalue weighted by Gasteiger charge is 2.26. The van der Waals surface area contributed by atoms with E-state index in [1.165, 1.54) is 5.56 Å². The molecular weight excluding hydrogens is 306 g/mol. The van der Waals surface area contributed by atoms with Gasteiger partial charge in [0.2, 0.25) is 0 Å². The maximum atomic E-state index is 12.9. The number of nitrogens with zero attached hydrogens (tertiary/aromatic N) is 2. The third-order valence-electron chi connectivity index (χ3n) is 4.78. The Bertz CT molecular complexity index is 706. The average Bonchev–Trinajstić information content (AvgIpc) is 3.11. The van der Waals surface area contributed by atoms with Gasteiger partial charge in [-0.05, 0) is 50.4 Å². The first-order valence-corrected chi connectivity index (χ1v) is 9.27. The van der Waals surface area contributed by atoms with Crippen molar-refractivity contribution >= 4 is 22.9 Å². The van der Waals surface area contributed by atoms with Crippen molar-refractivity contribution in [2.24, 2.45) is 0 Å². The number of hydrogen-bond donors (Lipinski definition) is 1. The van der Waals surface area contributed by atoms with E-state index in [1.807, 2.05) is 28.5 Å². The summed E-state index contributed by atoms with van der Waals surface area (Å²) < 4.78 is 0. The largest absolute Gasteiger partial charge is 0.317 e. The van der Waals surface area contributed by atoms with Crippen LogP contribution in [0.25, 0.3) is 0 Å². The minimum absolute atomic E-state index is 0.0496. The zero-order valence-electron chi connectivity index (χ0n) is 13.1. The fourth-order valence-electron chi connectivity index (χ4n) is 3.53. The van der Waals surface area contributed by atoms with Gasteiger partial charge in [0.15, 0.2) is 0 Å². The Morgan fingerprint density at radius 1 is 1.26 bits per heavy atom. The number of rotatable bonds is 2. The number of piperidine rings is 1. The lowest BCUT2D eigenvalue weighted by Crippen LogP contribution is -2.35. The van der Waals surface area contributed by atoms with Crippen LogP contribution in [0.15, 0.2) is 29.6 Å². The molecule has 2 aliphatic rings. The summed E-state index contributed by atoms with van der Waals surface area (Å²) in [6.07, 6.45) is 4.31. The molecule has 23 heavy (non-hydrogen) atoms. The van der Waals surface area contributed by atoms with E-state index in [1.54, 1.807) is 11.3 Å². The second-order valence-corrected chi connectivity index (χ2v) is 7.17. The SMILES string of the molecule is O=C(c1csc(C2CCNCC2)n1)N1CCCc2ccccc21. The molecule has 3 heterocycles. The van der Waals surface area contributed by atoms with Crippen LogP contribution in [-0.2, 0) is 6.42 Å². The Balaban J connectivity index is 1.57. The van der Waals surface area contributed by atoms with E-state index in [2.05, 4.69) is 16.4 Å². The van der Waals surface area contributed by atoms with E-state index in [4.69, 9.17) is 0 Å². The lowest BCUT2D eigenvalue weighted by Gasteiger charge is -2.28. The molecule has 1 aromatic heterocycles. The van der Waals surface area contributed by atoms with Gasteiger partial charge in [0.05, 0.1) is 5.01 Å². The minimum Gasteiger partial charge on any atom is -0.317 e. The predicted molar refractivity (Wildman–Crippen MR) is 93.4 cm³/mol. The third kappa shape index (κ3) is 2.91. The molecule has 0 unspecified atom stereocenters. The van der Waals surface area contributed by atoms with Crippen LogP contribution in [-0.4, -0.2) is 30.5 Å². The summed E-state index contributed by atoms with van der Waals surface area (Å²) in [6, 6.07) is 8.22. The molecule has 4 rings (SSSR count). The van der Waals surface area contributed by atoms with Crippen LogP contribution >= 0.6 is 11.3 Å². The van der Waals surface area contributed by atoms with Crippen molar-refractivity contribution in [2.75, 3.05) is 24.5 Å². The molecule has 0 atom stereocenters. The summed E-state index contributed by atoms with van der Waals surface area (Å²) in [5.74, 6) is 0.560. The van der Waals surface area contributed by atoms with Gasteiger partial charge in [0, 0.05) is 23.5 Å². The Morgan fingerprint density at radius 2 is 2.09 bits per heavy atom. The highest BCUT2D eigenvalue weighted by atomic mass is 32.1. The molecule has 2 aliphatic heterocycles. The molecule has 0 saturated carbocycles. The number of carbonyl (C=O) groups is 1. The van der Waals surface area contributed by atoms with Crippen LogP contribution in [0.5, 0.6) is 0 Å². The van der Waals surface area contributed by atoms with Crippen LogP contribution in [0.3, 0.4) is 0 Å². The van der Waals surface area contributed by atoms with Crippen LogP contribution in [0.2, 0.25) is 0 Å². The molecule has 1 amide bonds. The molecule has 0 bridgehead atoms. The van der Waals surface area contributed by atoms with Gasteiger partial charge < -0.3 is 10.2 Å². The number of carbonyl (C=O) groups excluding carboxylic acids is 1. The van der Waals surface area contributed by atoms with E-state index in [0.29, 0.717) is 11.6 Å². The first kappa shape index (κ1) is 14.8. The topological polar surface area (TPSA) is 45.2 Å².